The number of fused-ring (bicyclic) bond motifs is 1. The third-order valence-electron chi connectivity index (χ3n) is 3.96. The summed E-state index contributed by atoms with van der Waals surface area (Å²) in [4.78, 5) is 27.8. The fourth-order valence-corrected chi connectivity index (χ4v) is 2.92. The lowest BCUT2D eigenvalue weighted by Crippen LogP contribution is -2.39. The van der Waals surface area contributed by atoms with Gasteiger partial charge in [0.05, 0.1) is 6.42 Å². The molecule has 1 aliphatic heterocycles. The maximum absolute atomic E-state index is 12.4. The molecule has 0 saturated carbocycles. The van der Waals surface area contributed by atoms with Gasteiger partial charge in [-0.1, -0.05) is 41.9 Å². The summed E-state index contributed by atoms with van der Waals surface area (Å²) < 4.78 is 0. The molecule has 2 aromatic carbocycles. The zero-order valence-corrected chi connectivity index (χ0v) is 13.6. The van der Waals surface area contributed by atoms with Gasteiger partial charge in [-0.25, -0.2) is 0 Å². The third kappa shape index (κ3) is 3.37. The van der Waals surface area contributed by atoms with E-state index in [-0.39, 0.29) is 18.4 Å². The van der Waals surface area contributed by atoms with Crippen molar-refractivity contribution in [3.63, 3.8) is 0 Å². The lowest BCUT2D eigenvalue weighted by molar-refractivity contribution is -0.130. The second kappa shape index (κ2) is 6.42. The summed E-state index contributed by atoms with van der Waals surface area (Å²) in [7, 11) is 1.75. The average molecular weight is 329 g/mol. The highest BCUT2D eigenvalue weighted by atomic mass is 35.5. The van der Waals surface area contributed by atoms with E-state index in [4.69, 9.17) is 11.6 Å². The van der Waals surface area contributed by atoms with Crippen LogP contribution in [0.5, 0.6) is 0 Å². The summed E-state index contributed by atoms with van der Waals surface area (Å²) in [5.74, 6) is -0.159. The van der Waals surface area contributed by atoms with Gasteiger partial charge in [-0.15, -0.1) is 0 Å². The van der Waals surface area contributed by atoms with E-state index in [1.54, 1.807) is 30.1 Å². The molecule has 0 N–H and O–H groups in total. The molecule has 1 heterocycles. The van der Waals surface area contributed by atoms with Crippen molar-refractivity contribution in [1.82, 2.24) is 4.90 Å². The van der Waals surface area contributed by atoms with Crippen molar-refractivity contribution < 1.29 is 9.59 Å². The first-order valence-corrected chi connectivity index (χ1v) is 7.79. The fourth-order valence-electron chi connectivity index (χ4n) is 2.73. The molecule has 0 unspecified atom stereocenters. The number of amides is 2. The summed E-state index contributed by atoms with van der Waals surface area (Å²) in [6.45, 7) is 0.575. The van der Waals surface area contributed by atoms with Crippen molar-refractivity contribution in [2.45, 2.75) is 13.0 Å². The van der Waals surface area contributed by atoms with Crippen molar-refractivity contribution in [2.24, 2.45) is 0 Å². The first-order valence-electron chi connectivity index (χ1n) is 7.41. The van der Waals surface area contributed by atoms with E-state index in [1.165, 1.54) is 4.90 Å². The molecule has 0 saturated heterocycles. The Kier molecular flexibility index (Phi) is 4.35. The number of anilines is 1. The highest BCUT2D eigenvalue weighted by Gasteiger charge is 2.29. The molecule has 2 aromatic rings. The number of hydrogen-bond donors (Lipinski definition) is 0. The number of likely N-dealkylation sites (N-methyl/N-ethyl adjacent to an activating group) is 1. The summed E-state index contributed by atoms with van der Waals surface area (Å²) in [6, 6.07) is 15.1. The lowest BCUT2D eigenvalue weighted by atomic mass is 10.2. The standard InChI is InChI=1S/C18H17ClN2O2/c1-20(11-13-5-3-2-4-6-13)18(23)12-21-16-8-7-15(19)9-14(16)10-17(21)22/h2-9H,10-12H2,1H3. The molecule has 0 fully saturated rings. The molecule has 0 spiro atoms. The van der Waals surface area contributed by atoms with E-state index in [1.807, 2.05) is 30.3 Å². The van der Waals surface area contributed by atoms with Gasteiger partial charge < -0.3 is 9.80 Å². The topological polar surface area (TPSA) is 40.6 Å². The van der Waals surface area contributed by atoms with E-state index < -0.39 is 0 Å². The van der Waals surface area contributed by atoms with Crippen molar-refractivity contribution in [2.75, 3.05) is 18.5 Å². The minimum Gasteiger partial charge on any atom is -0.340 e. The van der Waals surface area contributed by atoms with Crippen LogP contribution in [-0.2, 0) is 22.6 Å². The van der Waals surface area contributed by atoms with Gasteiger partial charge in [0.1, 0.15) is 6.54 Å². The van der Waals surface area contributed by atoms with Crippen LogP contribution in [0.3, 0.4) is 0 Å². The zero-order valence-electron chi connectivity index (χ0n) is 12.8. The highest BCUT2D eigenvalue weighted by molar-refractivity contribution is 6.31. The van der Waals surface area contributed by atoms with Crippen molar-refractivity contribution in [1.29, 1.82) is 0 Å². The van der Waals surface area contributed by atoms with Crippen molar-refractivity contribution in [3.05, 3.63) is 64.7 Å². The summed E-state index contributed by atoms with van der Waals surface area (Å²) in [5, 5.41) is 0.603. The predicted molar refractivity (Wildman–Crippen MR) is 90.4 cm³/mol. The van der Waals surface area contributed by atoms with E-state index in [0.29, 0.717) is 18.0 Å². The molecule has 0 aliphatic carbocycles. The van der Waals surface area contributed by atoms with Crippen LogP contribution in [0.1, 0.15) is 11.1 Å². The Bertz CT molecular complexity index is 746. The molecular formula is C18H17ClN2O2. The van der Waals surface area contributed by atoms with Crippen LogP contribution in [0.4, 0.5) is 5.69 Å². The number of carbonyl (C=O) groups excluding carboxylic acids is 2. The summed E-state index contributed by atoms with van der Waals surface area (Å²) >= 11 is 5.96. The van der Waals surface area contributed by atoms with Crippen LogP contribution in [0.25, 0.3) is 0 Å². The molecule has 23 heavy (non-hydrogen) atoms. The molecule has 3 rings (SSSR count). The lowest BCUT2D eigenvalue weighted by Gasteiger charge is -2.22. The van der Waals surface area contributed by atoms with Crippen LogP contribution in [0.15, 0.2) is 48.5 Å². The number of benzene rings is 2. The van der Waals surface area contributed by atoms with Gasteiger partial charge in [-0.05, 0) is 29.3 Å². The Morgan fingerprint density at radius 2 is 1.96 bits per heavy atom. The largest absolute Gasteiger partial charge is 0.340 e. The summed E-state index contributed by atoms with van der Waals surface area (Å²) in [5.41, 5.74) is 2.71. The van der Waals surface area contributed by atoms with Crippen molar-refractivity contribution in [3.8, 4) is 0 Å². The van der Waals surface area contributed by atoms with Crippen LogP contribution in [-0.4, -0.2) is 30.3 Å². The van der Waals surface area contributed by atoms with Crippen molar-refractivity contribution >= 4 is 29.1 Å². The van der Waals surface area contributed by atoms with Gasteiger partial charge >= 0.3 is 0 Å². The van der Waals surface area contributed by atoms with Crippen LogP contribution >= 0.6 is 11.6 Å². The minimum atomic E-state index is -0.0926. The van der Waals surface area contributed by atoms with E-state index in [2.05, 4.69) is 0 Å². The monoisotopic (exact) mass is 328 g/mol. The van der Waals surface area contributed by atoms with Crippen LogP contribution in [0, 0.1) is 0 Å². The number of nitrogens with zero attached hydrogens (tertiary/aromatic N) is 2. The SMILES string of the molecule is CN(Cc1ccccc1)C(=O)CN1C(=O)Cc2cc(Cl)ccc21. The Morgan fingerprint density at radius 1 is 1.22 bits per heavy atom. The Balaban J connectivity index is 1.70. The molecule has 1 aliphatic rings. The predicted octanol–water partition coefficient (Wildman–Crippen LogP) is 2.89. The normalized spacial score (nSPS) is 13.1. The number of hydrogen-bond acceptors (Lipinski definition) is 2. The smallest absolute Gasteiger partial charge is 0.242 e. The zero-order chi connectivity index (χ0) is 16.4. The highest BCUT2D eigenvalue weighted by Crippen LogP contribution is 2.31. The van der Waals surface area contributed by atoms with E-state index in [9.17, 15) is 9.59 Å². The minimum absolute atomic E-state index is 0.0524. The second-order valence-electron chi connectivity index (χ2n) is 5.67. The van der Waals surface area contributed by atoms with Crippen LogP contribution in [0.2, 0.25) is 5.02 Å². The Hall–Kier alpha value is -2.33. The first-order chi connectivity index (χ1) is 11.0. The maximum atomic E-state index is 12.4. The molecular weight excluding hydrogens is 312 g/mol. The number of halogens is 1. The molecule has 118 valence electrons. The van der Waals surface area contributed by atoms with Gasteiger partial charge in [0.2, 0.25) is 11.8 Å². The fraction of sp³-hybridized carbons (Fsp3) is 0.222. The first kappa shape index (κ1) is 15.6. The summed E-state index contributed by atoms with van der Waals surface area (Å²) in [6.07, 6.45) is 0.297. The van der Waals surface area contributed by atoms with Gasteiger partial charge in [0, 0.05) is 24.3 Å². The average Bonchev–Trinajstić information content (AvgIpc) is 2.83. The number of carbonyl (C=O) groups is 2. The van der Waals surface area contributed by atoms with Gasteiger partial charge in [-0.2, -0.15) is 0 Å². The van der Waals surface area contributed by atoms with Crippen LogP contribution < -0.4 is 4.90 Å². The van der Waals surface area contributed by atoms with Gasteiger partial charge in [0.15, 0.2) is 0 Å². The maximum Gasteiger partial charge on any atom is 0.242 e. The molecule has 4 nitrogen and oxygen atoms in total. The van der Waals surface area contributed by atoms with Gasteiger partial charge in [0.25, 0.3) is 0 Å². The Morgan fingerprint density at radius 3 is 2.70 bits per heavy atom. The molecule has 2 amide bonds. The Labute approximate surface area is 140 Å². The van der Waals surface area contributed by atoms with E-state index >= 15 is 0 Å². The second-order valence-corrected chi connectivity index (χ2v) is 6.10. The quantitative estimate of drug-likeness (QED) is 0.866. The molecule has 0 bridgehead atoms. The van der Waals surface area contributed by atoms with Gasteiger partial charge in [-0.3, -0.25) is 9.59 Å². The number of rotatable bonds is 4. The molecule has 5 heteroatoms. The molecule has 0 radical (unpaired) electrons. The third-order valence-corrected chi connectivity index (χ3v) is 4.19. The molecule has 0 atom stereocenters. The molecule has 0 aromatic heterocycles. The van der Waals surface area contributed by atoms with E-state index in [0.717, 1.165) is 16.8 Å².